The van der Waals surface area contributed by atoms with Crippen LogP contribution in [0, 0.1) is 5.82 Å². The lowest BCUT2D eigenvalue weighted by atomic mass is 9.77. The predicted molar refractivity (Wildman–Crippen MR) is 91.9 cm³/mol. The van der Waals surface area contributed by atoms with Crippen LogP contribution in [0.5, 0.6) is 5.75 Å². The van der Waals surface area contributed by atoms with Crippen molar-refractivity contribution in [1.29, 1.82) is 0 Å². The average Bonchev–Trinajstić information content (AvgIpc) is 2.67. The van der Waals surface area contributed by atoms with E-state index >= 15 is 0 Å². The maximum atomic E-state index is 14.6. The molecule has 2 rings (SSSR count). The number of unbranched alkanes of at least 4 members (excludes halogenated alkanes) is 1. The van der Waals surface area contributed by atoms with Crippen LogP contribution in [-0.2, 0) is 15.7 Å². The lowest BCUT2D eigenvalue weighted by molar-refractivity contribution is 0.00578. The lowest BCUT2D eigenvalue weighted by Gasteiger charge is -2.32. The number of ether oxygens (including phenoxy) is 1. The first kappa shape index (κ1) is 18.3. The summed E-state index contributed by atoms with van der Waals surface area (Å²) in [4.78, 5) is 0. The van der Waals surface area contributed by atoms with E-state index in [2.05, 4.69) is 6.92 Å². The third-order valence-electron chi connectivity index (χ3n) is 4.82. The van der Waals surface area contributed by atoms with Gasteiger partial charge in [0.1, 0.15) is 11.6 Å². The highest BCUT2D eigenvalue weighted by Gasteiger charge is 2.52. The summed E-state index contributed by atoms with van der Waals surface area (Å²) in [5.41, 5.74) is 0.468. The van der Waals surface area contributed by atoms with Gasteiger partial charge in [-0.05, 0) is 46.1 Å². The van der Waals surface area contributed by atoms with Crippen molar-refractivity contribution in [3.63, 3.8) is 0 Å². The summed E-state index contributed by atoms with van der Waals surface area (Å²) in [6, 6.07) is 3.29. The molecule has 23 heavy (non-hydrogen) atoms. The van der Waals surface area contributed by atoms with Gasteiger partial charge in [0.2, 0.25) is 0 Å². The maximum absolute atomic E-state index is 14.6. The number of benzene rings is 1. The zero-order chi connectivity index (χ0) is 17.3. The average molecular weight is 322 g/mol. The summed E-state index contributed by atoms with van der Waals surface area (Å²) >= 11 is 0. The van der Waals surface area contributed by atoms with Crippen LogP contribution in [0.3, 0.4) is 0 Å². The predicted octanol–water partition coefficient (Wildman–Crippen LogP) is 3.87. The molecule has 0 radical (unpaired) electrons. The minimum Gasteiger partial charge on any atom is -0.493 e. The molecule has 1 aromatic carbocycles. The molecular formula is C18H28BFO3. The van der Waals surface area contributed by atoms with Crippen molar-refractivity contribution in [1.82, 2.24) is 0 Å². The van der Waals surface area contributed by atoms with Gasteiger partial charge in [-0.25, -0.2) is 4.39 Å². The largest absolute Gasteiger partial charge is 0.497 e. The summed E-state index contributed by atoms with van der Waals surface area (Å²) in [5, 5.41) is 0. The first-order valence-electron chi connectivity index (χ1n) is 8.52. The first-order valence-corrected chi connectivity index (χ1v) is 8.52. The van der Waals surface area contributed by atoms with Crippen molar-refractivity contribution in [3.05, 3.63) is 23.5 Å². The molecule has 1 fully saturated rings. The van der Waals surface area contributed by atoms with E-state index in [0.717, 1.165) is 24.8 Å². The van der Waals surface area contributed by atoms with Crippen molar-refractivity contribution in [2.45, 2.75) is 72.0 Å². The van der Waals surface area contributed by atoms with Gasteiger partial charge in [-0.15, -0.1) is 0 Å². The Bertz CT molecular complexity index is 541. The Balaban J connectivity index is 2.27. The van der Waals surface area contributed by atoms with Crippen molar-refractivity contribution < 1.29 is 18.4 Å². The van der Waals surface area contributed by atoms with Crippen LogP contribution in [0.1, 0.15) is 59.9 Å². The first-order chi connectivity index (χ1) is 10.7. The Morgan fingerprint density at radius 2 is 1.70 bits per heavy atom. The molecule has 1 heterocycles. The van der Waals surface area contributed by atoms with E-state index in [0.29, 0.717) is 17.8 Å². The van der Waals surface area contributed by atoms with Crippen molar-refractivity contribution in [2.75, 3.05) is 6.61 Å². The molecule has 0 spiro atoms. The fraction of sp³-hybridized carbons (Fsp3) is 0.667. The molecule has 0 N–H and O–H groups in total. The van der Waals surface area contributed by atoms with Gasteiger partial charge in [-0.2, -0.15) is 0 Å². The second-order valence-electron chi connectivity index (χ2n) is 7.13. The smallest absolute Gasteiger partial charge is 0.493 e. The highest BCUT2D eigenvalue weighted by Crippen LogP contribution is 2.37. The van der Waals surface area contributed by atoms with Crippen LogP contribution >= 0.6 is 0 Å². The second kappa shape index (κ2) is 6.82. The zero-order valence-electron chi connectivity index (χ0n) is 15.2. The minimum atomic E-state index is -0.685. The number of hydrogen-bond acceptors (Lipinski definition) is 3. The Morgan fingerprint density at radius 1 is 1.09 bits per heavy atom. The SMILES string of the molecule is CCCCOc1cc(F)c(B2OC(C)(C)C(C)(C)O2)cc1CC. The number of rotatable bonds is 6. The van der Waals surface area contributed by atoms with Gasteiger partial charge in [-0.1, -0.05) is 26.3 Å². The van der Waals surface area contributed by atoms with E-state index < -0.39 is 18.3 Å². The number of hydrogen-bond donors (Lipinski definition) is 0. The summed E-state index contributed by atoms with van der Waals surface area (Å²) in [6.07, 6.45) is 2.79. The van der Waals surface area contributed by atoms with Gasteiger partial charge in [-0.3, -0.25) is 0 Å². The molecule has 0 aromatic heterocycles. The molecule has 0 bridgehead atoms. The van der Waals surface area contributed by atoms with Crippen LogP contribution < -0.4 is 10.2 Å². The van der Waals surface area contributed by atoms with Crippen LogP contribution in [0.25, 0.3) is 0 Å². The molecule has 0 saturated carbocycles. The van der Waals surface area contributed by atoms with E-state index in [9.17, 15) is 4.39 Å². The molecule has 3 nitrogen and oxygen atoms in total. The number of aryl methyl sites for hydroxylation is 1. The Morgan fingerprint density at radius 3 is 2.22 bits per heavy atom. The fourth-order valence-corrected chi connectivity index (χ4v) is 2.51. The van der Waals surface area contributed by atoms with Gasteiger partial charge in [0, 0.05) is 11.5 Å². The molecule has 0 unspecified atom stereocenters. The Labute approximate surface area is 139 Å². The third-order valence-corrected chi connectivity index (χ3v) is 4.82. The molecule has 0 aliphatic carbocycles. The summed E-state index contributed by atoms with van der Waals surface area (Å²) in [5.74, 6) is 0.283. The molecule has 1 saturated heterocycles. The van der Waals surface area contributed by atoms with Gasteiger partial charge in [0.25, 0.3) is 0 Å². The Kier molecular flexibility index (Phi) is 5.42. The lowest BCUT2D eigenvalue weighted by Crippen LogP contribution is -2.41. The van der Waals surface area contributed by atoms with Crippen molar-refractivity contribution >= 4 is 12.6 Å². The van der Waals surface area contributed by atoms with Crippen LogP contribution in [0.2, 0.25) is 0 Å². The van der Waals surface area contributed by atoms with Crippen molar-refractivity contribution in [2.24, 2.45) is 0 Å². The minimum absolute atomic E-state index is 0.341. The van der Waals surface area contributed by atoms with Crippen molar-refractivity contribution in [3.8, 4) is 5.75 Å². The van der Waals surface area contributed by atoms with Gasteiger partial charge in [0.15, 0.2) is 0 Å². The zero-order valence-corrected chi connectivity index (χ0v) is 15.2. The Hall–Kier alpha value is -1.07. The molecule has 0 amide bonds. The van der Waals surface area contributed by atoms with Gasteiger partial charge >= 0.3 is 7.12 Å². The monoisotopic (exact) mass is 322 g/mol. The molecule has 1 aromatic rings. The van der Waals surface area contributed by atoms with Crippen LogP contribution in [0.15, 0.2) is 12.1 Å². The molecule has 128 valence electrons. The van der Waals surface area contributed by atoms with E-state index in [4.69, 9.17) is 14.0 Å². The summed E-state index contributed by atoms with van der Waals surface area (Å²) < 4.78 is 32.2. The highest BCUT2D eigenvalue weighted by atomic mass is 19.1. The molecule has 0 atom stereocenters. The maximum Gasteiger partial charge on any atom is 0.497 e. The van der Waals surface area contributed by atoms with Gasteiger partial charge in [0.05, 0.1) is 17.8 Å². The summed E-state index contributed by atoms with van der Waals surface area (Å²) in [6.45, 7) is 12.6. The summed E-state index contributed by atoms with van der Waals surface area (Å²) in [7, 11) is -0.685. The van der Waals surface area contributed by atoms with E-state index in [1.54, 1.807) is 0 Å². The molecular weight excluding hydrogens is 294 g/mol. The molecule has 1 aliphatic rings. The van der Waals surface area contributed by atoms with E-state index in [1.165, 1.54) is 6.07 Å². The second-order valence-corrected chi connectivity index (χ2v) is 7.13. The fourth-order valence-electron chi connectivity index (χ4n) is 2.51. The third kappa shape index (κ3) is 3.72. The van der Waals surface area contributed by atoms with Gasteiger partial charge < -0.3 is 14.0 Å². The highest BCUT2D eigenvalue weighted by molar-refractivity contribution is 6.62. The standard InChI is InChI=1S/C18H28BFO3/c1-7-9-10-21-16-12-15(20)14(11-13(16)8-2)19-22-17(3,4)18(5,6)23-19/h11-12H,7-10H2,1-6H3. The van der Waals surface area contributed by atoms with Crippen LogP contribution in [0.4, 0.5) is 4.39 Å². The topological polar surface area (TPSA) is 27.7 Å². The number of halogens is 1. The van der Waals surface area contributed by atoms with E-state index in [-0.39, 0.29) is 5.82 Å². The van der Waals surface area contributed by atoms with E-state index in [1.807, 2.05) is 40.7 Å². The molecule has 5 heteroatoms. The normalized spacial score (nSPS) is 19.2. The van der Waals surface area contributed by atoms with Crippen LogP contribution in [-0.4, -0.2) is 24.9 Å². The molecule has 1 aliphatic heterocycles. The quantitative estimate of drug-likeness (QED) is 0.588.